The second-order valence-electron chi connectivity index (χ2n) is 7.79. The number of aromatic amines is 1. The zero-order chi connectivity index (χ0) is 19.2. The third-order valence-corrected chi connectivity index (χ3v) is 5.51. The molecule has 0 amide bonds. The first kappa shape index (κ1) is 17.8. The smallest absolute Gasteiger partial charge is 0.195 e. The summed E-state index contributed by atoms with van der Waals surface area (Å²) in [7, 11) is 0. The Morgan fingerprint density at radius 3 is 2.74 bits per heavy atom. The highest BCUT2D eigenvalue weighted by Gasteiger charge is 2.39. The van der Waals surface area contributed by atoms with Gasteiger partial charge in [0, 0.05) is 34.1 Å². The Balaban J connectivity index is 1.78. The predicted octanol–water partition coefficient (Wildman–Crippen LogP) is 4.33. The molecular formula is C23H26N2O2. The standard InChI is InChI=1S/C23H26N2O2/c1-5-24-10-11-27-15-7-9-16-18(13-15)23(3,4)22-20(21(16)26)17-8-6-14(2)12-19(17)25-22/h6-9,12-13,24-25H,5,10-11H2,1-4H3. The fourth-order valence-corrected chi connectivity index (χ4v) is 4.03. The van der Waals surface area contributed by atoms with Crippen LogP contribution >= 0.6 is 0 Å². The zero-order valence-corrected chi connectivity index (χ0v) is 16.4. The van der Waals surface area contributed by atoms with Crippen molar-refractivity contribution in [2.45, 2.75) is 33.1 Å². The zero-order valence-electron chi connectivity index (χ0n) is 16.4. The van der Waals surface area contributed by atoms with E-state index in [0.717, 1.165) is 52.1 Å². The van der Waals surface area contributed by atoms with Crippen LogP contribution in [0.3, 0.4) is 0 Å². The lowest BCUT2D eigenvalue weighted by molar-refractivity contribution is 0.103. The van der Waals surface area contributed by atoms with Crippen LogP contribution in [0.1, 0.15) is 53.5 Å². The SMILES string of the molecule is CCNCCOc1ccc2c(c1)C(C)(C)c1[nH]c3cc(C)ccc3c1C2=O. The molecule has 1 aliphatic carbocycles. The predicted molar refractivity (Wildman–Crippen MR) is 109 cm³/mol. The normalized spacial score (nSPS) is 14.9. The van der Waals surface area contributed by atoms with Crippen molar-refractivity contribution in [2.75, 3.05) is 19.7 Å². The molecule has 2 N–H and O–H groups in total. The summed E-state index contributed by atoms with van der Waals surface area (Å²) in [5, 5.41) is 4.26. The van der Waals surface area contributed by atoms with Gasteiger partial charge in [-0.3, -0.25) is 4.79 Å². The van der Waals surface area contributed by atoms with Gasteiger partial charge in [0.2, 0.25) is 0 Å². The Morgan fingerprint density at radius 2 is 1.96 bits per heavy atom. The van der Waals surface area contributed by atoms with Crippen LogP contribution in [0.25, 0.3) is 10.9 Å². The molecular weight excluding hydrogens is 336 g/mol. The van der Waals surface area contributed by atoms with Crippen LogP contribution < -0.4 is 10.1 Å². The third kappa shape index (κ3) is 2.85. The molecule has 3 aromatic rings. The molecule has 4 nitrogen and oxygen atoms in total. The average Bonchev–Trinajstić information content (AvgIpc) is 3.03. The van der Waals surface area contributed by atoms with Crippen molar-refractivity contribution in [1.29, 1.82) is 0 Å². The number of hydrogen-bond acceptors (Lipinski definition) is 3. The lowest BCUT2D eigenvalue weighted by Gasteiger charge is -2.32. The van der Waals surface area contributed by atoms with Crippen molar-refractivity contribution in [3.05, 3.63) is 64.3 Å². The summed E-state index contributed by atoms with van der Waals surface area (Å²) >= 11 is 0. The molecule has 0 unspecified atom stereocenters. The first-order valence-corrected chi connectivity index (χ1v) is 9.59. The number of likely N-dealkylation sites (N-methyl/N-ethyl adjacent to an activating group) is 1. The highest BCUT2D eigenvalue weighted by atomic mass is 16.5. The highest BCUT2D eigenvalue weighted by molar-refractivity contribution is 6.20. The van der Waals surface area contributed by atoms with Crippen molar-refractivity contribution < 1.29 is 9.53 Å². The maximum atomic E-state index is 13.3. The van der Waals surface area contributed by atoms with Crippen LogP contribution in [0, 0.1) is 6.92 Å². The molecule has 0 aliphatic heterocycles. The Morgan fingerprint density at radius 1 is 1.15 bits per heavy atom. The number of aryl methyl sites for hydroxylation is 1. The summed E-state index contributed by atoms with van der Waals surface area (Å²) in [6, 6.07) is 12.1. The second kappa shape index (κ2) is 6.54. The first-order valence-electron chi connectivity index (χ1n) is 9.59. The van der Waals surface area contributed by atoms with E-state index >= 15 is 0 Å². The highest BCUT2D eigenvalue weighted by Crippen LogP contribution is 2.44. The molecule has 2 aromatic carbocycles. The molecule has 0 atom stereocenters. The van der Waals surface area contributed by atoms with Crippen molar-refractivity contribution in [3.8, 4) is 5.75 Å². The molecule has 1 heterocycles. The Bertz CT molecular complexity index is 1030. The van der Waals surface area contributed by atoms with Gasteiger partial charge in [0.05, 0.1) is 5.56 Å². The summed E-state index contributed by atoms with van der Waals surface area (Å²) in [6.45, 7) is 10.8. The lowest BCUT2D eigenvalue weighted by atomic mass is 9.71. The fraction of sp³-hybridized carbons (Fsp3) is 0.348. The molecule has 1 aromatic heterocycles. The lowest BCUT2D eigenvalue weighted by Crippen LogP contribution is -2.30. The molecule has 4 heteroatoms. The quantitative estimate of drug-likeness (QED) is 0.664. The summed E-state index contributed by atoms with van der Waals surface area (Å²) in [4.78, 5) is 16.8. The number of aromatic nitrogens is 1. The summed E-state index contributed by atoms with van der Waals surface area (Å²) in [5.41, 5.74) is 5.49. The molecule has 4 rings (SSSR count). The van der Waals surface area contributed by atoms with Gasteiger partial charge in [0.25, 0.3) is 0 Å². The van der Waals surface area contributed by atoms with Crippen LogP contribution in [0.4, 0.5) is 0 Å². The minimum absolute atomic E-state index is 0.0913. The number of fused-ring (bicyclic) bond motifs is 4. The maximum absolute atomic E-state index is 13.3. The van der Waals surface area contributed by atoms with E-state index in [4.69, 9.17) is 4.74 Å². The second-order valence-corrected chi connectivity index (χ2v) is 7.79. The molecule has 0 spiro atoms. The largest absolute Gasteiger partial charge is 0.492 e. The fourth-order valence-electron chi connectivity index (χ4n) is 4.03. The molecule has 1 aliphatic rings. The van der Waals surface area contributed by atoms with E-state index in [9.17, 15) is 4.79 Å². The van der Waals surface area contributed by atoms with E-state index in [1.54, 1.807) is 0 Å². The van der Waals surface area contributed by atoms with Crippen molar-refractivity contribution in [1.82, 2.24) is 10.3 Å². The number of H-pyrrole nitrogens is 1. The molecule has 0 saturated carbocycles. The van der Waals surface area contributed by atoms with Crippen molar-refractivity contribution in [2.24, 2.45) is 0 Å². The van der Waals surface area contributed by atoms with Gasteiger partial charge in [-0.05, 0) is 48.9 Å². The average molecular weight is 362 g/mol. The van der Waals surface area contributed by atoms with Gasteiger partial charge in [0.1, 0.15) is 12.4 Å². The van der Waals surface area contributed by atoms with E-state index in [2.05, 4.69) is 56.2 Å². The molecule has 0 fully saturated rings. The summed E-state index contributed by atoms with van der Waals surface area (Å²) in [5.74, 6) is 0.900. The number of nitrogens with one attached hydrogen (secondary N) is 2. The van der Waals surface area contributed by atoms with E-state index in [1.165, 1.54) is 5.56 Å². The monoisotopic (exact) mass is 362 g/mol. The van der Waals surface area contributed by atoms with Gasteiger partial charge < -0.3 is 15.0 Å². The Hall–Kier alpha value is -2.59. The van der Waals surface area contributed by atoms with Crippen LogP contribution in [-0.4, -0.2) is 30.5 Å². The Kier molecular flexibility index (Phi) is 4.31. The third-order valence-electron chi connectivity index (χ3n) is 5.51. The van der Waals surface area contributed by atoms with Gasteiger partial charge >= 0.3 is 0 Å². The van der Waals surface area contributed by atoms with Gasteiger partial charge in [-0.25, -0.2) is 0 Å². The number of carbonyl (C=O) groups excluding carboxylic acids is 1. The van der Waals surface area contributed by atoms with Crippen LogP contribution in [0.15, 0.2) is 36.4 Å². The van der Waals surface area contributed by atoms with Crippen LogP contribution in [0.2, 0.25) is 0 Å². The number of ketones is 1. The van der Waals surface area contributed by atoms with Crippen molar-refractivity contribution >= 4 is 16.7 Å². The molecule has 27 heavy (non-hydrogen) atoms. The number of ether oxygens (including phenoxy) is 1. The van der Waals surface area contributed by atoms with E-state index < -0.39 is 0 Å². The van der Waals surface area contributed by atoms with Gasteiger partial charge in [-0.15, -0.1) is 0 Å². The number of rotatable bonds is 5. The maximum Gasteiger partial charge on any atom is 0.195 e. The van der Waals surface area contributed by atoms with Crippen LogP contribution in [-0.2, 0) is 5.41 Å². The Labute approximate surface area is 159 Å². The molecule has 140 valence electrons. The van der Waals surface area contributed by atoms with E-state index in [1.807, 2.05) is 18.2 Å². The van der Waals surface area contributed by atoms with E-state index in [0.29, 0.717) is 6.61 Å². The van der Waals surface area contributed by atoms with E-state index in [-0.39, 0.29) is 11.2 Å². The molecule has 0 bridgehead atoms. The minimum Gasteiger partial charge on any atom is -0.492 e. The van der Waals surface area contributed by atoms with Crippen molar-refractivity contribution in [3.63, 3.8) is 0 Å². The first-order chi connectivity index (χ1) is 12.9. The topological polar surface area (TPSA) is 54.1 Å². The van der Waals surface area contributed by atoms with Gasteiger partial charge in [-0.2, -0.15) is 0 Å². The van der Waals surface area contributed by atoms with Gasteiger partial charge in [0.15, 0.2) is 5.78 Å². The summed E-state index contributed by atoms with van der Waals surface area (Å²) < 4.78 is 5.88. The van der Waals surface area contributed by atoms with Gasteiger partial charge in [-0.1, -0.05) is 32.9 Å². The summed E-state index contributed by atoms with van der Waals surface area (Å²) in [6.07, 6.45) is 0. The molecule has 0 saturated heterocycles. The number of benzene rings is 2. The van der Waals surface area contributed by atoms with Crippen LogP contribution in [0.5, 0.6) is 5.75 Å². The number of hydrogen-bond donors (Lipinski definition) is 2. The molecule has 0 radical (unpaired) electrons. The number of carbonyl (C=O) groups is 1. The minimum atomic E-state index is -0.299.